The maximum Gasteiger partial charge on any atom is 0.175 e. The fourth-order valence-electron chi connectivity index (χ4n) is 4.16. The number of halogens is 2. The molecular weight excluding hydrogens is 451 g/mol. The van der Waals surface area contributed by atoms with Gasteiger partial charge in [0.2, 0.25) is 0 Å². The molecule has 2 aliphatic rings. The fourth-order valence-corrected chi connectivity index (χ4v) is 5.38. The highest BCUT2D eigenvalue weighted by molar-refractivity contribution is 7.09. The van der Waals surface area contributed by atoms with Crippen LogP contribution < -0.4 is 16.0 Å². The number of thiophene rings is 1. The van der Waals surface area contributed by atoms with Gasteiger partial charge < -0.3 is 15.2 Å². The smallest absolute Gasteiger partial charge is 0.175 e. The van der Waals surface area contributed by atoms with Crippen LogP contribution in [0.5, 0.6) is 0 Å². The lowest BCUT2D eigenvalue weighted by Crippen LogP contribution is -2.37. The van der Waals surface area contributed by atoms with Gasteiger partial charge in [-0.1, -0.05) is 35.3 Å². The summed E-state index contributed by atoms with van der Waals surface area (Å²) >= 11 is 14.9. The molecule has 31 heavy (non-hydrogen) atoms. The van der Waals surface area contributed by atoms with Gasteiger partial charge in [-0.3, -0.25) is 10.3 Å². The number of benzene rings is 1. The standard InChI is InChI=1S/C22H24Cl2N6S/c23-16-6-1-7-17(24)19(16)21-28-18-12-27-22(26-11-15-5-3-9-31-15)29-20(18)30(21)13-14-4-2-8-25-10-14/h1,3,5-7,9,12,14,22,25-26,29H,2,4,8,10-11,13H2. The van der Waals surface area contributed by atoms with Gasteiger partial charge in [-0.2, -0.15) is 0 Å². The third kappa shape index (κ3) is 4.52. The molecule has 4 heterocycles. The molecule has 6 nitrogen and oxygen atoms in total. The van der Waals surface area contributed by atoms with E-state index in [1.54, 1.807) is 11.3 Å². The summed E-state index contributed by atoms with van der Waals surface area (Å²) in [6.07, 6.45) is 3.99. The van der Waals surface area contributed by atoms with E-state index in [1.807, 2.05) is 24.4 Å². The normalized spacial score (nSPS) is 20.5. The molecule has 2 aromatic heterocycles. The molecule has 0 amide bonds. The molecule has 2 unspecified atom stereocenters. The molecule has 1 aromatic carbocycles. The highest BCUT2D eigenvalue weighted by Crippen LogP contribution is 2.37. The number of hydrogen-bond acceptors (Lipinski definition) is 6. The summed E-state index contributed by atoms with van der Waals surface area (Å²) in [4.78, 5) is 10.8. The van der Waals surface area contributed by atoms with Crippen LogP contribution in [0.3, 0.4) is 0 Å². The van der Waals surface area contributed by atoms with E-state index in [-0.39, 0.29) is 6.29 Å². The summed E-state index contributed by atoms with van der Waals surface area (Å²) in [5.74, 6) is 2.25. The Morgan fingerprint density at radius 1 is 1.19 bits per heavy atom. The number of fused-ring (bicyclic) bond motifs is 1. The number of imidazole rings is 1. The van der Waals surface area contributed by atoms with Gasteiger partial charge in [0.25, 0.3) is 0 Å². The van der Waals surface area contributed by atoms with Crippen molar-refractivity contribution in [1.82, 2.24) is 20.2 Å². The Kier molecular flexibility index (Phi) is 6.29. The Bertz CT molecular complexity index is 1050. The monoisotopic (exact) mass is 474 g/mol. The summed E-state index contributed by atoms with van der Waals surface area (Å²) in [6, 6.07) is 9.75. The van der Waals surface area contributed by atoms with Crippen molar-refractivity contribution >= 4 is 46.6 Å². The molecule has 2 atom stereocenters. The van der Waals surface area contributed by atoms with E-state index in [9.17, 15) is 0 Å². The average Bonchev–Trinajstić information content (AvgIpc) is 3.41. The fraction of sp³-hybridized carbons (Fsp3) is 0.364. The number of anilines is 1. The number of nitrogens with zero attached hydrogens (tertiary/aromatic N) is 3. The van der Waals surface area contributed by atoms with Crippen LogP contribution in [0.15, 0.2) is 40.7 Å². The highest BCUT2D eigenvalue weighted by atomic mass is 35.5. The van der Waals surface area contributed by atoms with Crippen molar-refractivity contribution in [2.75, 3.05) is 18.4 Å². The summed E-state index contributed by atoms with van der Waals surface area (Å²) < 4.78 is 2.23. The molecular formula is C22H24Cl2N6S. The van der Waals surface area contributed by atoms with Crippen LogP contribution in [-0.4, -0.2) is 35.1 Å². The van der Waals surface area contributed by atoms with Crippen LogP contribution in [0.2, 0.25) is 10.0 Å². The van der Waals surface area contributed by atoms with Crippen LogP contribution in [0.25, 0.3) is 11.4 Å². The summed E-state index contributed by atoms with van der Waals surface area (Å²) in [7, 11) is 0. The van der Waals surface area contributed by atoms with Crippen LogP contribution in [-0.2, 0) is 13.1 Å². The molecule has 0 spiro atoms. The molecule has 0 radical (unpaired) electrons. The van der Waals surface area contributed by atoms with E-state index in [2.05, 4.69) is 43.0 Å². The lowest BCUT2D eigenvalue weighted by atomic mass is 9.99. The third-order valence-corrected chi connectivity index (χ3v) is 7.20. The minimum atomic E-state index is -0.218. The highest BCUT2D eigenvalue weighted by Gasteiger charge is 2.27. The number of aromatic nitrogens is 2. The Morgan fingerprint density at radius 3 is 2.81 bits per heavy atom. The molecule has 0 aliphatic carbocycles. The molecule has 0 saturated carbocycles. The zero-order chi connectivity index (χ0) is 21.2. The first kappa shape index (κ1) is 21.0. The van der Waals surface area contributed by atoms with E-state index in [4.69, 9.17) is 28.2 Å². The number of nitrogens with one attached hydrogen (secondary N) is 3. The number of rotatable bonds is 6. The van der Waals surface area contributed by atoms with E-state index >= 15 is 0 Å². The Hall–Kier alpha value is -1.90. The van der Waals surface area contributed by atoms with Gasteiger partial charge in [0.1, 0.15) is 17.3 Å². The van der Waals surface area contributed by atoms with Gasteiger partial charge >= 0.3 is 0 Å². The Morgan fingerprint density at radius 2 is 2.06 bits per heavy atom. The molecule has 1 fully saturated rings. The van der Waals surface area contributed by atoms with Gasteiger partial charge in [-0.25, -0.2) is 4.98 Å². The lowest BCUT2D eigenvalue weighted by molar-refractivity contribution is 0.339. The second-order valence-corrected chi connectivity index (χ2v) is 9.72. The van der Waals surface area contributed by atoms with Gasteiger partial charge in [-0.05, 0) is 55.4 Å². The molecule has 5 rings (SSSR count). The van der Waals surface area contributed by atoms with Gasteiger partial charge in [0.05, 0.1) is 21.8 Å². The molecule has 162 valence electrons. The molecule has 1 saturated heterocycles. The summed E-state index contributed by atoms with van der Waals surface area (Å²) in [5, 5.41) is 13.8. The maximum absolute atomic E-state index is 6.56. The van der Waals surface area contributed by atoms with Crippen molar-refractivity contribution in [3.63, 3.8) is 0 Å². The third-order valence-electron chi connectivity index (χ3n) is 5.69. The van der Waals surface area contributed by atoms with Gasteiger partial charge in [0.15, 0.2) is 6.29 Å². The van der Waals surface area contributed by atoms with Gasteiger partial charge in [0, 0.05) is 18.0 Å². The first-order valence-electron chi connectivity index (χ1n) is 10.5. The maximum atomic E-state index is 6.56. The van der Waals surface area contributed by atoms with Crippen molar-refractivity contribution in [2.45, 2.75) is 32.2 Å². The Balaban J connectivity index is 1.48. The van der Waals surface area contributed by atoms with E-state index in [0.29, 0.717) is 16.0 Å². The van der Waals surface area contributed by atoms with Crippen LogP contribution in [0.1, 0.15) is 23.4 Å². The second-order valence-electron chi connectivity index (χ2n) is 7.87. The molecule has 0 bridgehead atoms. The van der Waals surface area contributed by atoms with E-state index in [1.165, 1.54) is 17.7 Å². The van der Waals surface area contributed by atoms with Crippen molar-refractivity contribution in [3.05, 3.63) is 56.3 Å². The number of aliphatic imine (C=N–C) groups is 1. The largest absolute Gasteiger partial charge is 0.336 e. The predicted molar refractivity (Wildman–Crippen MR) is 129 cm³/mol. The van der Waals surface area contributed by atoms with Crippen molar-refractivity contribution < 1.29 is 0 Å². The quantitative estimate of drug-likeness (QED) is 0.478. The zero-order valence-electron chi connectivity index (χ0n) is 16.9. The lowest BCUT2D eigenvalue weighted by Gasteiger charge is -2.27. The van der Waals surface area contributed by atoms with Crippen LogP contribution in [0, 0.1) is 5.92 Å². The summed E-state index contributed by atoms with van der Waals surface area (Å²) in [6.45, 7) is 3.68. The number of piperidine rings is 1. The Labute approximate surface area is 195 Å². The molecule has 3 N–H and O–H groups in total. The first-order valence-corrected chi connectivity index (χ1v) is 12.1. The SMILES string of the molecule is Clc1cccc(Cl)c1-c1nc2c(n1CC1CCCNC1)NC(NCc1cccs1)N=C2. The first-order chi connectivity index (χ1) is 15.2. The topological polar surface area (TPSA) is 66.3 Å². The zero-order valence-corrected chi connectivity index (χ0v) is 19.3. The molecule has 9 heteroatoms. The van der Waals surface area contributed by atoms with Crippen LogP contribution in [0.4, 0.5) is 5.82 Å². The van der Waals surface area contributed by atoms with Gasteiger partial charge in [-0.15, -0.1) is 11.3 Å². The van der Waals surface area contributed by atoms with E-state index in [0.717, 1.165) is 49.1 Å². The predicted octanol–water partition coefficient (Wildman–Crippen LogP) is 4.84. The summed E-state index contributed by atoms with van der Waals surface area (Å²) in [5.41, 5.74) is 1.58. The van der Waals surface area contributed by atoms with Crippen molar-refractivity contribution in [3.8, 4) is 11.4 Å². The second kappa shape index (κ2) is 9.30. The van der Waals surface area contributed by atoms with Crippen LogP contribution >= 0.6 is 34.5 Å². The van der Waals surface area contributed by atoms with Crippen molar-refractivity contribution in [1.29, 1.82) is 0 Å². The number of hydrogen-bond donors (Lipinski definition) is 3. The molecule has 2 aliphatic heterocycles. The minimum absolute atomic E-state index is 0.218. The van der Waals surface area contributed by atoms with E-state index < -0.39 is 0 Å². The molecule has 3 aromatic rings. The minimum Gasteiger partial charge on any atom is -0.336 e. The van der Waals surface area contributed by atoms with Crippen molar-refractivity contribution in [2.24, 2.45) is 10.9 Å². The average molecular weight is 475 g/mol.